The molecule has 0 aromatic heterocycles. The molecule has 1 aromatic carbocycles. The number of aliphatic imine (C=N–C) groups is 1. The fraction of sp³-hybridized carbons (Fsp3) is 0.333. The van der Waals surface area contributed by atoms with E-state index in [0.717, 1.165) is 40.9 Å². The molecule has 0 saturated carbocycles. The minimum atomic E-state index is 0.185. The first-order chi connectivity index (χ1) is 10.2. The molecule has 3 heteroatoms. The van der Waals surface area contributed by atoms with Crippen LogP contribution in [-0.4, -0.2) is 18.1 Å². The number of Topliss-reactive ketones (excluding diaryl/α,β-unsaturated/α-hetero) is 1. The Bertz CT molecular complexity index is 680. The van der Waals surface area contributed by atoms with Gasteiger partial charge in [0.15, 0.2) is 5.78 Å². The average molecular weight is 281 g/mol. The number of fused-ring (bicyclic) bond motifs is 1. The third-order valence-corrected chi connectivity index (χ3v) is 3.89. The summed E-state index contributed by atoms with van der Waals surface area (Å²) < 4.78 is 5.54. The van der Waals surface area contributed by atoms with Gasteiger partial charge in [0.25, 0.3) is 0 Å². The van der Waals surface area contributed by atoms with E-state index in [9.17, 15) is 4.79 Å². The van der Waals surface area contributed by atoms with Crippen LogP contribution < -0.4 is 4.74 Å². The van der Waals surface area contributed by atoms with Crippen molar-refractivity contribution in [2.45, 2.75) is 33.1 Å². The zero-order valence-corrected chi connectivity index (χ0v) is 12.5. The Kier molecular flexibility index (Phi) is 3.74. The minimum absolute atomic E-state index is 0.185. The second-order valence-electron chi connectivity index (χ2n) is 5.34. The summed E-state index contributed by atoms with van der Waals surface area (Å²) in [6, 6.07) is 5.91. The quantitative estimate of drug-likeness (QED) is 0.789. The summed E-state index contributed by atoms with van der Waals surface area (Å²) in [7, 11) is 0. The van der Waals surface area contributed by atoms with Gasteiger partial charge >= 0.3 is 0 Å². The van der Waals surface area contributed by atoms with Crippen LogP contribution in [0.2, 0.25) is 0 Å². The first-order valence-corrected chi connectivity index (χ1v) is 7.46. The third kappa shape index (κ3) is 2.68. The molecule has 3 rings (SSSR count). The highest BCUT2D eigenvalue weighted by molar-refractivity contribution is 6.26. The lowest BCUT2D eigenvalue weighted by atomic mass is 10.0. The topological polar surface area (TPSA) is 38.7 Å². The molecular formula is C18H19NO2. The monoisotopic (exact) mass is 281 g/mol. The molecule has 3 nitrogen and oxygen atoms in total. The van der Waals surface area contributed by atoms with Crippen molar-refractivity contribution in [3.8, 4) is 5.75 Å². The van der Waals surface area contributed by atoms with Crippen molar-refractivity contribution in [2.75, 3.05) is 6.61 Å². The molecule has 108 valence electrons. The molecule has 0 N–H and O–H groups in total. The normalized spacial score (nSPS) is 18.8. The van der Waals surface area contributed by atoms with Crippen LogP contribution in [0.3, 0.4) is 0 Å². The number of rotatable bonds is 4. The van der Waals surface area contributed by atoms with E-state index in [1.54, 1.807) is 0 Å². The Balaban J connectivity index is 1.91. The van der Waals surface area contributed by atoms with Gasteiger partial charge in [-0.25, -0.2) is 0 Å². The largest absolute Gasteiger partial charge is 0.494 e. The number of allylic oxidation sites excluding steroid dienone is 3. The molecule has 2 aliphatic rings. The van der Waals surface area contributed by atoms with Gasteiger partial charge in [-0.1, -0.05) is 13.0 Å². The maximum absolute atomic E-state index is 12.3. The van der Waals surface area contributed by atoms with E-state index in [1.165, 1.54) is 5.71 Å². The molecule has 1 aromatic rings. The van der Waals surface area contributed by atoms with Crippen LogP contribution >= 0.6 is 0 Å². The van der Waals surface area contributed by atoms with Crippen LogP contribution in [0.5, 0.6) is 5.75 Å². The first-order valence-electron chi connectivity index (χ1n) is 7.46. The molecule has 1 heterocycles. The van der Waals surface area contributed by atoms with Crippen molar-refractivity contribution in [2.24, 2.45) is 4.99 Å². The molecular weight excluding hydrogens is 262 g/mol. The molecule has 0 atom stereocenters. The number of benzene rings is 1. The third-order valence-electron chi connectivity index (χ3n) is 3.89. The summed E-state index contributed by atoms with van der Waals surface area (Å²) >= 11 is 0. The summed E-state index contributed by atoms with van der Waals surface area (Å²) in [6.07, 6.45) is 6.18. The van der Waals surface area contributed by atoms with Gasteiger partial charge in [0.05, 0.1) is 6.61 Å². The average Bonchev–Trinajstić information content (AvgIpc) is 3.05. The predicted octanol–water partition coefficient (Wildman–Crippen LogP) is 3.73. The van der Waals surface area contributed by atoms with E-state index in [4.69, 9.17) is 4.74 Å². The second kappa shape index (κ2) is 5.68. The zero-order chi connectivity index (χ0) is 14.8. The predicted molar refractivity (Wildman–Crippen MR) is 84.7 cm³/mol. The maximum Gasteiger partial charge on any atom is 0.167 e. The van der Waals surface area contributed by atoms with Crippen molar-refractivity contribution >= 4 is 17.1 Å². The van der Waals surface area contributed by atoms with E-state index in [2.05, 4.69) is 11.9 Å². The van der Waals surface area contributed by atoms with E-state index < -0.39 is 0 Å². The van der Waals surface area contributed by atoms with Gasteiger partial charge in [-0.2, -0.15) is 0 Å². The molecule has 0 unspecified atom stereocenters. The van der Waals surface area contributed by atoms with Crippen molar-refractivity contribution in [1.29, 1.82) is 0 Å². The smallest absolute Gasteiger partial charge is 0.167 e. The number of hydrogen-bond donors (Lipinski definition) is 0. The summed E-state index contributed by atoms with van der Waals surface area (Å²) in [5.41, 5.74) is 5.19. The molecule has 1 aliphatic carbocycles. The summed E-state index contributed by atoms with van der Waals surface area (Å²) in [5.74, 6) is 1.01. The highest BCUT2D eigenvalue weighted by Crippen LogP contribution is 2.34. The Morgan fingerprint density at radius 1 is 1.29 bits per heavy atom. The van der Waals surface area contributed by atoms with Crippen LogP contribution in [0, 0.1) is 0 Å². The summed E-state index contributed by atoms with van der Waals surface area (Å²) in [6.45, 7) is 4.69. The van der Waals surface area contributed by atoms with Gasteiger partial charge in [-0.3, -0.25) is 9.79 Å². The lowest BCUT2D eigenvalue weighted by Crippen LogP contribution is -1.96. The van der Waals surface area contributed by atoms with E-state index in [1.807, 2.05) is 37.4 Å². The first kappa shape index (κ1) is 13.8. The van der Waals surface area contributed by atoms with Gasteiger partial charge in [0.2, 0.25) is 0 Å². The number of carbonyl (C=O) groups is 1. The highest BCUT2D eigenvalue weighted by atomic mass is 16.5. The highest BCUT2D eigenvalue weighted by Gasteiger charge is 2.25. The van der Waals surface area contributed by atoms with Crippen LogP contribution in [-0.2, 0) is 11.2 Å². The van der Waals surface area contributed by atoms with Crippen molar-refractivity contribution in [3.63, 3.8) is 0 Å². The maximum atomic E-state index is 12.3. The Hall–Kier alpha value is -2.16. The van der Waals surface area contributed by atoms with Crippen molar-refractivity contribution < 1.29 is 9.53 Å². The summed E-state index contributed by atoms with van der Waals surface area (Å²) in [5, 5.41) is 0. The van der Waals surface area contributed by atoms with Gasteiger partial charge < -0.3 is 4.74 Å². The molecule has 0 radical (unpaired) electrons. The SMILES string of the molecule is CCOc1ccc2c(c1)/C(=C/C1=CN=C(CC)C1)C(=O)C2. The fourth-order valence-corrected chi connectivity index (χ4v) is 2.78. The molecule has 0 bridgehead atoms. The van der Waals surface area contributed by atoms with Gasteiger partial charge in [0, 0.05) is 30.3 Å². The van der Waals surface area contributed by atoms with Crippen LogP contribution in [0.4, 0.5) is 0 Å². The second-order valence-corrected chi connectivity index (χ2v) is 5.34. The Morgan fingerprint density at radius 3 is 2.86 bits per heavy atom. The van der Waals surface area contributed by atoms with Crippen molar-refractivity contribution in [3.05, 3.63) is 47.2 Å². The zero-order valence-electron chi connectivity index (χ0n) is 12.5. The number of hydrogen-bond acceptors (Lipinski definition) is 3. The van der Waals surface area contributed by atoms with Gasteiger partial charge in [-0.15, -0.1) is 0 Å². The van der Waals surface area contributed by atoms with Gasteiger partial charge in [0.1, 0.15) is 5.75 Å². The molecule has 1 aliphatic heterocycles. The molecule has 0 spiro atoms. The number of carbonyl (C=O) groups excluding carboxylic acids is 1. The van der Waals surface area contributed by atoms with E-state index in [-0.39, 0.29) is 5.78 Å². The van der Waals surface area contributed by atoms with Crippen LogP contribution in [0.25, 0.3) is 5.57 Å². The molecule has 21 heavy (non-hydrogen) atoms. The van der Waals surface area contributed by atoms with Crippen molar-refractivity contribution in [1.82, 2.24) is 0 Å². The number of ether oxygens (including phenoxy) is 1. The van der Waals surface area contributed by atoms with Crippen LogP contribution in [0.1, 0.15) is 37.8 Å². The summed E-state index contributed by atoms with van der Waals surface area (Å²) in [4.78, 5) is 16.6. The Morgan fingerprint density at radius 2 is 2.14 bits per heavy atom. The molecule has 0 saturated heterocycles. The Labute approximate surface area is 125 Å². The minimum Gasteiger partial charge on any atom is -0.494 e. The fourth-order valence-electron chi connectivity index (χ4n) is 2.78. The molecule has 0 fully saturated rings. The van der Waals surface area contributed by atoms with Gasteiger partial charge in [-0.05, 0) is 48.3 Å². The molecule has 0 amide bonds. The lowest BCUT2D eigenvalue weighted by Gasteiger charge is -2.06. The standard InChI is InChI=1S/C18H19NO2/c1-3-14-7-12(11-19-14)8-17-16-10-15(21-4-2)6-5-13(16)9-18(17)20/h5-6,8,10-11H,3-4,7,9H2,1-2H3/b17-8-. The van der Waals surface area contributed by atoms with Crippen LogP contribution in [0.15, 0.2) is 41.0 Å². The van der Waals surface area contributed by atoms with E-state index in [0.29, 0.717) is 13.0 Å². The number of nitrogens with zero attached hydrogens (tertiary/aromatic N) is 1. The number of ketones is 1. The lowest BCUT2D eigenvalue weighted by molar-refractivity contribution is -0.112. The van der Waals surface area contributed by atoms with E-state index >= 15 is 0 Å².